The number of rotatable bonds is 6. The van der Waals surface area contributed by atoms with E-state index in [-0.39, 0.29) is 18.0 Å². The summed E-state index contributed by atoms with van der Waals surface area (Å²) < 4.78 is 5.31. The van der Waals surface area contributed by atoms with Crippen molar-refractivity contribution in [1.29, 1.82) is 0 Å². The second kappa shape index (κ2) is 9.21. The van der Waals surface area contributed by atoms with Crippen molar-refractivity contribution in [3.63, 3.8) is 0 Å². The molecule has 2 heterocycles. The molecule has 1 aromatic rings. The standard InChI is InChI=1S/C18H25ClN4O3/c19-14-2-4-16(5-3-14)23-13-15(12-17(23)24)21-18(25)20-6-1-7-22-8-10-26-11-9-22/h2-5,15H,1,6-13H2,(H2,20,21,25). The van der Waals surface area contributed by atoms with Gasteiger partial charge in [-0.3, -0.25) is 9.69 Å². The van der Waals surface area contributed by atoms with Crippen LogP contribution in [-0.4, -0.2) is 68.8 Å². The number of nitrogens with zero attached hydrogens (tertiary/aromatic N) is 2. The van der Waals surface area contributed by atoms with Crippen LogP contribution in [-0.2, 0) is 9.53 Å². The largest absolute Gasteiger partial charge is 0.379 e. The monoisotopic (exact) mass is 380 g/mol. The number of benzene rings is 1. The van der Waals surface area contributed by atoms with Gasteiger partial charge in [0.05, 0.1) is 19.3 Å². The van der Waals surface area contributed by atoms with Gasteiger partial charge in [0.15, 0.2) is 0 Å². The van der Waals surface area contributed by atoms with Crippen molar-refractivity contribution in [3.8, 4) is 0 Å². The van der Waals surface area contributed by atoms with Gasteiger partial charge in [0.2, 0.25) is 5.91 Å². The molecule has 7 nitrogen and oxygen atoms in total. The molecule has 2 aliphatic rings. The second-order valence-electron chi connectivity index (χ2n) is 6.59. The summed E-state index contributed by atoms with van der Waals surface area (Å²) in [4.78, 5) is 28.3. The van der Waals surface area contributed by atoms with Crippen molar-refractivity contribution in [3.05, 3.63) is 29.3 Å². The van der Waals surface area contributed by atoms with Gasteiger partial charge in [-0.25, -0.2) is 4.79 Å². The van der Waals surface area contributed by atoms with Crippen molar-refractivity contribution >= 4 is 29.2 Å². The van der Waals surface area contributed by atoms with E-state index in [9.17, 15) is 9.59 Å². The van der Waals surface area contributed by atoms with Crippen LogP contribution >= 0.6 is 11.6 Å². The molecule has 1 aromatic carbocycles. The van der Waals surface area contributed by atoms with Gasteiger partial charge in [0, 0.05) is 43.3 Å². The molecule has 3 rings (SSSR count). The minimum absolute atomic E-state index is 0.00457. The van der Waals surface area contributed by atoms with Gasteiger partial charge < -0.3 is 20.3 Å². The van der Waals surface area contributed by atoms with E-state index in [1.54, 1.807) is 17.0 Å². The Hall–Kier alpha value is -1.83. The second-order valence-corrected chi connectivity index (χ2v) is 7.03. The fourth-order valence-corrected chi connectivity index (χ4v) is 3.37. The van der Waals surface area contributed by atoms with Gasteiger partial charge in [-0.15, -0.1) is 0 Å². The molecule has 2 fully saturated rings. The Morgan fingerprint density at radius 3 is 2.69 bits per heavy atom. The quantitative estimate of drug-likeness (QED) is 0.733. The normalized spacial score (nSPS) is 21.0. The highest BCUT2D eigenvalue weighted by Gasteiger charge is 2.31. The van der Waals surface area contributed by atoms with Crippen LogP contribution < -0.4 is 15.5 Å². The number of anilines is 1. The molecule has 2 N–H and O–H groups in total. The predicted octanol–water partition coefficient (Wildman–Crippen LogP) is 1.47. The summed E-state index contributed by atoms with van der Waals surface area (Å²) in [6, 6.07) is 6.74. The van der Waals surface area contributed by atoms with Crippen LogP contribution in [0.5, 0.6) is 0 Å². The summed E-state index contributed by atoms with van der Waals surface area (Å²) in [5.41, 5.74) is 0.801. The van der Waals surface area contributed by atoms with E-state index in [0.29, 0.717) is 24.5 Å². The topological polar surface area (TPSA) is 73.9 Å². The van der Waals surface area contributed by atoms with Gasteiger partial charge >= 0.3 is 6.03 Å². The van der Waals surface area contributed by atoms with Crippen LogP contribution in [0.15, 0.2) is 24.3 Å². The first-order valence-corrected chi connectivity index (χ1v) is 9.40. The molecular weight excluding hydrogens is 356 g/mol. The molecule has 0 aliphatic carbocycles. The summed E-state index contributed by atoms with van der Waals surface area (Å²) in [5.74, 6) is 0.00457. The molecule has 1 unspecified atom stereocenters. The molecule has 0 radical (unpaired) electrons. The number of hydrogen-bond acceptors (Lipinski definition) is 4. The van der Waals surface area contributed by atoms with E-state index >= 15 is 0 Å². The van der Waals surface area contributed by atoms with Crippen molar-refractivity contribution in [2.45, 2.75) is 18.9 Å². The third-order valence-corrected chi connectivity index (χ3v) is 4.89. The van der Waals surface area contributed by atoms with Crippen LogP contribution in [0.4, 0.5) is 10.5 Å². The fraction of sp³-hybridized carbons (Fsp3) is 0.556. The Morgan fingerprint density at radius 1 is 1.23 bits per heavy atom. The summed E-state index contributed by atoms with van der Waals surface area (Å²) in [6.45, 7) is 5.53. The van der Waals surface area contributed by atoms with Crippen molar-refractivity contribution in [2.24, 2.45) is 0 Å². The number of amides is 3. The molecule has 0 saturated carbocycles. The molecule has 8 heteroatoms. The zero-order chi connectivity index (χ0) is 18.4. The Balaban J connectivity index is 1.36. The molecular formula is C18H25ClN4O3. The molecule has 0 aromatic heterocycles. The molecule has 0 spiro atoms. The van der Waals surface area contributed by atoms with Gasteiger partial charge in [-0.2, -0.15) is 0 Å². The average Bonchev–Trinajstić information content (AvgIpc) is 3.00. The first kappa shape index (κ1) is 18.9. The first-order valence-electron chi connectivity index (χ1n) is 9.02. The molecule has 1 atom stereocenters. The summed E-state index contributed by atoms with van der Waals surface area (Å²) in [6.07, 6.45) is 1.21. The van der Waals surface area contributed by atoms with E-state index in [0.717, 1.165) is 45.0 Å². The number of hydrogen-bond donors (Lipinski definition) is 2. The highest BCUT2D eigenvalue weighted by atomic mass is 35.5. The smallest absolute Gasteiger partial charge is 0.315 e. The Bertz CT molecular complexity index is 619. The van der Waals surface area contributed by atoms with Crippen molar-refractivity contribution < 1.29 is 14.3 Å². The first-order chi connectivity index (χ1) is 12.6. The van der Waals surface area contributed by atoms with Crippen LogP contribution in [0.25, 0.3) is 0 Å². The lowest BCUT2D eigenvalue weighted by Crippen LogP contribution is -2.44. The van der Waals surface area contributed by atoms with Gasteiger partial charge in [-0.1, -0.05) is 11.6 Å². The minimum Gasteiger partial charge on any atom is -0.379 e. The highest BCUT2D eigenvalue weighted by molar-refractivity contribution is 6.30. The number of carbonyl (C=O) groups excluding carboxylic acids is 2. The highest BCUT2D eigenvalue weighted by Crippen LogP contribution is 2.23. The Labute approximate surface area is 158 Å². The lowest BCUT2D eigenvalue weighted by Gasteiger charge is -2.26. The summed E-state index contributed by atoms with van der Waals surface area (Å²) in [5, 5.41) is 6.39. The molecule has 142 valence electrons. The van der Waals surface area contributed by atoms with Crippen molar-refractivity contribution in [2.75, 3.05) is 50.8 Å². The predicted molar refractivity (Wildman–Crippen MR) is 101 cm³/mol. The van der Waals surface area contributed by atoms with Gasteiger partial charge in [-0.05, 0) is 37.2 Å². The molecule has 0 bridgehead atoms. The van der Waals surface area contributed by atoms with Crippen LogP contribution in [0, 0.1) is 0 Å². The Kier molecular flexibility index (Phi) is 6.71. The molecule has 2 saturated heterocycles. The van der Waals surface area contributed by atoms with E-state index < -0.39 is 0 Å². The van der Waals surface area contributed by atoms with Crippen molar-refractivity contribution in [1.82, 2.24) is 15.5 Å². The van der Waals surface area contributed by atoms with Gasteiger partial charge in [0.25, 0.3) is 0 Å². The van der Waals surface area contributed by atoms with E-state index in [1.165, 1.54) is 0 Å². The maximum atomic E-state index is 12.2. The zero-order valence-corrected chi connectivity index (χ0v) is 15.5. The fourth-order valence-electron chi connectivity index (χ4n) is 3.24. The van der Waals surface area contributed by atoms with Gasteiger partial charge in [0.1, 0.15) is 0 Å². The SMILES string of the molecule is O=C(NCCCN1CCOCC1)NC1CC(=O)N(c2ccc(Cl)cc2)C1. The van der Waals surface area contributed by atoms with E-state index in [4.69, 9.17) is 16.3 Å². The van der Waals surface area contributed by atoms with Crippen LogP contribution in [0.1, 0.15) is 12.8 Å². The third-order valence-electron chi connectivity index (χ3n) is 4.64. The lowest BCUT2D eigenvalue weighted by molar-refractivity contribution is -0.117. The summed E-state index contributed by atoms with van der Waals surface area (Å²) in [7, 11) is 0. The number of ether oxygens (including phenoxy) is 1. The number of nitrogens with one attached hydrogen (secondary N) is 2. The van der Waals surface area contributed by atoms with E-state index in [2.05, 4.69) is 15.5 Å². The maximum Gasteiger partial charge on any atom is 0.315 e. The Morgan fingerprint density at radius 2 is 1.96 bits per heavy atom. The van der Waals surface area contributed by atoms with Crippen LogP contribution in [0.3, 0.4) is 0 Å². The third kappa shape index (κ3) is 5.33. The molecule has 2 aliphatic heterocycles. The minimum atomic E-state index is -0.220. The van der Waals surface area contributed by atoms with E-state index in [1.807, 2.05) is 12.1 Å². The lowest BCUT2D eigenvalue weighted by atomic mass is 10.2. The number of morpholine rings is 1. The number of halogens is 1. The average molecular weight is 381 g/mol. The maximum absolute atomic E-state index is 12.2. The molecule has 26 heavy (non-hydrogen) atoms. The molecule has 3 amide bonds. The zero-order valence-electron chi connectivity index (χ0n) is 14.7. The number of urea groups is 1. The van der Waals surface area contributed by atoms with Crippen LogP contribution in [0.2, 0.25) is 5.02 Å². The number of carbonyl (C=O) groups is 2. The summed E-state index contributed by atoms with van der Waals surface area (Å²) >= 11 is 5.88.